The van der Waals surface area contributed by atoms with Crippen LogP contribution in [0.1, 0.15) is 5.76 Å². The van der Waals surface area contributed by atoms with E-state index < -0.39 is 0 Å². The number of nitrogens with zero attached hydrogens (tertiary/aromatic N) is 2. The summed E-state index contributed by atoms with van der Waals surface area (Å²) in [6, 6.07) is 10.7. The Morgan fingerprint density at radius 1 is 1.30 bits per heavy atom. The van der Waals surface area contributed by atoms with Gasteiger partial charge in [0.05, 0.1) is 19.4 Å². The number of hydrogen-bond acceptors (Lipinski definition) is 4. The van der Waals surface area contributed by atoms with Crippen LogP contribution in [0.25, 0.3) is 0 Å². The van der Waals surface area contributed by atoms with Crippen LogP contribution in [0, 0.1) is 0 Å². The van der Waals surface area contributed by atoms with Crippen LogP contribution in [0.2, 0.25) is 5.02 Å². The molecule has 2 aromatic rings. The molecule has 1 aliphatic rings. The van der Waals surface area contributed by atoms with Crippen molar-refractivity contribution in [1.29, 1.82) is 0 Å². The molecule has 7 heteroatoms. The molecule has 0 spiro atoms. The number of carbonyl (C=O) groups is 2. The van der Waals surface area contributed by atoms with Crippen molar-refractivity contribution in [2.75, 3.05) is 24.7 Å². The van der Waals surface area contributed by atoms with Crippen LogP contribution in [0.15, 0.2) is 47.1 Å². The van der Waals surface area contributed by atoms with Crippen molar-refractivity contribution >= 4 is 29.1 Å². The van der Waals surface area contributed by atoms with Gasteiger partial charge in [0.2, 0.25) is 11.8 Å². The molecular formula is C16H16ClN3O3. The van der Waals surface area contributed by atoms with Crippen molar-refractivity contribution in [3.05, 3.63) is 53.4 Å². The van der Waals surface area contributed by atoms with E-state index >= 15 is 0 Å². The zero-order chi connectivity index (χ0) is 16.2. The number of rotatable bonds is 5. The first-order valence-electron chi connectivity index (χ1n) is 7.20. The van der Waals surface area contributed by atoms with E-state index in [2.05, 4.69) is 5.32 Å². The summed E-state index contributed by atoms with van der Waals surface area (Å²) in [5.74, 6) is 0.511. The molecule has 0 unspecified atom stereocenters. The molecule has 1 aliphatic heterocycles. The smallest absolute Gasteiger partial charge is 0.248 e. The number of amides is 2. The second-order valence-electron chi connectivity index (χ2n) is 5.22. The quantitative estimate of drug-likeness (QED) is 0.907. The maximum Gasteiger partial charge on any atom is 0.248 e. The van der Waals surface area contributed by atoms with Crippen molar-refractivity contribution in [2.45, 2.75) is 6.54 Å². The molecule has 23 heavy (non-hydrogen) atoms. The molecule has 0 aliphatic carbocycles. The van der Waals surface area contributed by atoms with E-state index in [-0.39, 0.29) is 31.6 Å². The highest BCUT2D eigenvalue weighted by molar-refractivity contribution is 6.30. The summed E-state index contributed by atoms with van der Waals surface area (Å²) in [5, 5.41) is 3.56. The number of anilines is 1. The predicted molar refractivity (Wildman–Crippen MR) is 85.9 cm³/mol. The first-order valence-corrected chi connectivity index (χ1v) is 7.58. The number of hydrogen-bond donors (Lipinski definition) is 1. The molecule has 0 radical (unpaired) electrons. The van der Waals surface area contributed by atoms with Gasteiger partial charge >= 0.3 is 0 Å². The van der Waals surface area contributed by atoms with Crippen LogP contribution < -0.4 is 10.2 Å². The van der Waals surface area contributed by atoms with E-state index in [0.29, 0.717) is 17.3 Å². The molecule has 3 rings (SSSR count). The third kappa shape index (κ3) is 3.72. The highest BCUT2D eigenvalue weighted by atomic mass is 35.5. The van der Waals surface area contributed by atoms with E-state index in [9.17, 15) is 9.59 Å². The Morgan fingerprint density at radius 3 is 2.91 bits per heavy atom. The molecule has 120 valence electrons. The predicted octanol–water partition coefficient (Wildman–Crippen LogP) is 1.86. The van der Waals surface area contributed by atoms with E-state index in [0.717, 1.165) is 5.76 Å². The van der Waals surface area contributed by atoms with Crippen LogP contribution >= 0.6 is 11.6 Å². The second kappa shape index (κ2) is 6.85. The summed E-state index contributed by atoms with van der Waals surface area (Å²) < 4.78 is 5.18. The Morgan fingerprint density at radius 2 is 2.17 bits per heavy atom. The molecule has 1 saturated heterocycles. The average molecular weight is 334 g/mol. The van der Waals surface area contributed by atoms with Gasteiger partial charge in [0.15, 0.2) is 0 Å². The van der Waals surface area contributed by atoms with E-state index in [1.807, 2.05) is 6.07 Å². The lowest BCUT2D eigenvalue weighted by Crippen LogP contribution is -2.37. The first kappa shape index (κ1) is 15.6. The van der Waals surface area contributed by atoms with Gasteiger partial charge in [0.1, 0.15) is 19.0 Å². The molecule has 2 heterocycles. The van der Waals surface area contributed by atoms with Crippen LogP contribution in [-0.2, 0) is 16.1 Å². The molecule has 1 fully saturated rings. The molecule has 0 bridgehead atoms. The van der Waals surface area contributed by atoms with Gasteiger partial charge in [-0.15, -0.1) is 0 Å². The third-order valence-electron chi connectivity index (χ3n) is 3.57. The van der Waals surface area contributed by atoms with Crippen molar-refractivity contribution < 1.29 is 14.0 Å². The minimum Gasteiger partial charge on any atom is -0.468 e. The first-order chi connectivity index (χ1) is 11.1. The van der Waals surface area contributed by atoms with Crippen LogP contribution in [0.4, 0.5) is 5.69 Å². The standard InChI is InChI=1S/C16H16ClN3O3/c17-12-3-1-4-13(7-12)20-11-19(10-16(20)22)15(21)9-18-8-14-5-2-6-23-14/h1-7,18H,8-11H2. The molecular weight excluding hydrogens is 318 g/mol. The number of carbonyl (C=O) groups excluding carboxylic acids is 2. The third-order valence-corrected chi connectivity index (χ3v) is 3.80. The minimum atomic E-state index is -0.130. The maximum absolute atomic E-state index is 12.2. The Hall–Kier alpha value is -2.31. The summed E-state index contributed by atoms with van der Waals surface area (Å²) in [6.07, 6.45) is 1.58. The van der Waals surface area contributed by atoms with Gasteiger partial charge in [-0.3, -0.25) is 14.5 Å². The fraction of sp³-hybridized carbons (Fsp3) is 0.250. The lowest BCUT2D eigenvalue weighted by molar-refractivity contribution is -0.130. The summed E-state index contributed by atoms with van der Waals surface area (Å²) in [4.78, 5) is 27.4. The van der Waals surface area contributed by atoms with Gasteiger partial charge in [-0.1, -0.05) is 17.7 Å². The zero-order valence-corrected chi connectivity index (χ0v) is 13.1. The van der Waals surface area contributed by atoms with Crippen molar-refractivity contribution in [3.8, 4) is 0 Å². The van der Waals surface area contributed by atoms with Crippen LogP contribution in [0.3, 0.4) is 0 Å². The fourth-order valence-corrected chi connectivity index (χ4v) is 2.59. The number of benzene rings is 1. The summed E-state index contributed by atoms with van der Waals surface area (Å²) in [6.45, 7) is 0.935. The van der Waals surface area contributed by atoms with Crippen molar-refractivity contribution in [2.24, 2.45) is 0 Å². The van der Waals surface area contributed by atoms with Gasteiger partial charge in [-0.25, -0.2) is 0 Å². The molecule has 0 saturated carbocycles. The zero-order valence-electron chi connectivity index (χ0n) is 12.4. The molecule has 1 N–H and O–H groups in total. The summed E-state index contributed by atoms with van der Waals surface area (Å²) in [5.41, 5.74) is 0.696. The lowest BCUT2D eigenvalue weighted by atomic mass is 10.3. The molecule has 0 atom stereocenters. The van der Waals surface area contributed by atoms with Gasteiger partial charge < -0.3 is 14.6 Å². The topological polar surface area (TPSA) is 65.8 Å². The monoisotopic (exact) mass is 333 g/mol. The molecule has 1 aromatic heterocycles. The van der Waals surface area contributed by atoms with Crippen LogP contribution in [0.5, 0.6) is 0 Å². The Bertz CT molecular complexity index is 702. The highest BCUT2D eigenvalue weighted by Crippen LogP contribution is 2.22. The molecule has 6 nitrogen and oxygen atoms in total. The number of halogens is 1. The van der Waals surface area contributed by atoms with Gasteiger partial charge in [0.25, 0.3) is 0 Å². The average Bonchev–Trinajstić information content (AvgIpc) is 3.16. The van der Waals surface area contributed by atoms with Gasteiger partial charge in [-0.05, 0) is 30.3 Å². The van der Waals surface area contributed by atoms with E-state index in [1.54, 1.807) is 41.5 Å². The van der Waals surface area contributed by atoms with Crippen LogP contribution in [-0.4, -0.2) is 36.5 Å². The second-order valence-corrected chi connectivity index (χ2v) is 5.65. The Kier molecular flexibility index (Phi) is 4.64. The van der Waals surface area contributed by atoms with E-state index in [4.69, 9.17) is 16.0 Å². The Balaban J connectivity index is 1.55. The fourth-order valence-electron chi connectivity index (χ4n) is 2.40. The largest absolute Gasteiger partial charge is 0.468 e. The van der Waals surface area contributed by atoms with Gasteiger partial charge in [0, 0.05) is 10.7 Å². The molecule has 2 amide bonds. The normalized spacial score (nSPS) is 14.6. The lowest BCUT2D eigenvalue weighted by Gasteiger charge is -2.18. The molecule has 1 aromatic carbocycles. The Labute approximate surface area is 138 Å². The minimum absolute atomic E-state index is 0.0772. The highest BCUT2D eigenvalue weighted by Gasteiger charge is 2.31. The summed E-state index contributed by atoms with van der Waals surface area (Å²) >= 11 is 5.95. The summed E-state index contributed by atoms with van der Waals surface area (Å²) in [7, 11) is 0. The number of nitrogens with one attached hydrogen (secondary N) is 1. The maximum atomic E-state index is 12.2. The van der Waals surface area contributed by atoms with Crippen molar-refractivity contribution in [1.82, 2.24) is 10.2 Å². The number of furan rings is 1. The van der Waals surface area contributed by atoms with Crippen molar-refractivity contribution in [3.63, 3.8) is 0 Å². The van der Waals surface area contributed by atoms with Gasteiger partial charge in [-0.2, -0.15) is 0 Å². The van der Waals surface area contributed by atoms with E-state index in [1.165, 1.54) is 4.90 Å². The SMILES string of the molecule is O=C(CNCc1ccco1)N1CC(=O)N(c2cccc(Cl)c2)C1.